The number of carbonyl (C=O) groups excluding carboxylic acids is 5. The molecule has 3 fully saturated rings. The van der Waals surface area contributed by atoms with Crippen LogP contribution in [0.2, 0.25) is 0 Å². The minimum atomic E-state index is -0.915. The molecular weight excluding hydrogens is 706 g/mol. The Kier molecular flexibility index (Phi) is 17.2. The van der Waals surface area contributed by atoms with Crippen LogP contribution in [0.1, 0.15) is 97.5 Å². The zero-order valence-electron chi connectivity index (χ0n) is 33.7. The number of amides is 4. The highest BCUT2D eigenvalue weighted by Gasteiger charge is 2.45. The lowest BCUT2D eigenvalue weighted by Gasteiger charge is -2.47. The van der Waals surface area contributed by atoms with Crippen molar-refractivity contribution < 1.29 is 42.9 Å². The van der Waals surface area contributed by atoms with Gasteiger partial charge in [-0.05, 0) is 121 Å². The molecule has 4 bridgehead atoms. The lowest BCUT2D eigenvalue weighted by atomic mass is 9.64. The highest BCUT2D eigenvalue weighted by molar-refractivity contribution is 5.91. The molecule has 1 aliphatic heterocycles. The molecule has 1 heterocycles. The monoisotopic (exact) mass is 771 g/mol. The van der Waals surface area contributed by atoms with Crippen LogP contribution >= 0.6 is 0 Å². The second kappa shape index (κ2) is 21.5. The van der Waals surface area contributed by atoms with Gasteiger partial charge >= 0.3 is 12.2 Å². The summed E-state index contributed by atoms with van der Waals surface area (Å²) in [5.41, 5.74) is 0.182. The van der Waals surface area contributed by atoms with E-state index in [9.17, 15) is 24.0 Å². The average molecular weight is 772 g/mol. The normalized spacial score (nSPS) is 28.0. The van der Waals surface area contributed by atoms with E-state index in [0.717, 1.165) is 37.7 Å². The van der Waals surface area contributed by atoms with Gasteiger partial charge < -0.3 is 40.2 Å². The van der Waals surface area contributed by atoms with E-state index in [-0.39, 0.29) is 67.1 Å². The van der Waals surface area contributed by atoms with Gasteiger partial charge in [0.1, 0.15) is 18.2 Å². The van der Waals surface area contributed by atoms with E-state index in [2.05, 4.69) is 26.6 Å². The number of unbranched alkanes of at least 4 members (excludes halogenated alkanes) is 1. The second-order valence-corrected chi connectivity index (χ2v) is 16.4. The molecule has 4 rings (SSSR count). The van der Waals surface area contributed by atoms with Crippen LogP contribution < -0.4 is 26.6 Å². The van der Waals surface area contributed by atoms with Gasteiger partial charge in [0.05, 0.1) is 30.8 Å². The van der Waals surface area contributed by atoms with Crippen LogP contribution in [0.15, 0.2) is 30.3 Å². The lowest BCUT2D eigenvalue weighted by Crippen LogP contribution is -2.57. The number of methoxy groups -OCH3 is 2. The molecule has 308 valence electrons. The Morgan fingerprint density at radius 3 is 2.25 bits per heavy atom. The van der Waals surface area contributed by atoms with Gasteiger partial charge in [0.25, 0.3) is 0 Å². The maximum absolute atomic E-state index is 14.0. The number of alkyl carbamates (subject to hydrolysis) is 2. The number of nitrogens with one attached hydrogen (secondary N) is 5. The third-order valence-corrected chi connectivity index (χ3v) is 11.3. The third kappa shape index (κ3) is 14.0. The van der Waals surface area contributed by atoms with Gasteiger partial charge in [-0.1, -0.05) is 30.3 Å². The summed E-state index contributed by atoms with van der Waals surface area (Å²) in [6.45, 7) is 7.74. The molecule has 4 amide bonds. The van der Waals surface area contributed by atoms with Crippen molar-refractivity contribution >= 4 is 29.8 Å². The molecule has 0 radical (unpaired) electrons. The first-order valence-electron chi connectivity index (χ1n) is 20.1. The van der Waals surface area contributed by atoms with Crippen molar-refractivity contribution in [1.29, 1.82) is 0 Å². The Hall–Kier alpha value is -3.75. The molecule has 0 spiro atoms. The Bertz CT molecular complexity index is 1410. The topological polar surface area (TPSA) is 182 Å². The largest absolute Gasteiger partial charge is 0.445 e. The zero-order chi connectivity index (χ0) is 40.0. The molecule has 9 atom stereocenters. The Morgan fingerprint density at radius 2 is 1.56 bits per heavy atom. The summed E-state index contributed by atoms with van der Waals surface area (Å²) in [5.74, 6) is -0.208. The van der Waals surface area contributed by atoms with Gasteiger partial charge in [-0.2, -0.15) is 0 Å². The molecule has 0 unspecified atom stereocenters. The lowest BCUT2D eigenvalue weighted by molar-refractivity contribution is -0.132. The van der Waals surface area contributed by atoms with Gasteiger partial charge in [-0.15, -0.1) is 0 Å². The molecular formula is C41H65N5O9. The van der Waals surface area contributed by atoms with Gasteiger partial charge in [0.2, 0.25) is 11.8 Å². The van der Waals surface area contributed by atoms with Crippen molar-refractivity contribution in [2.24, 2.45) is 23.7 Å². The van der Waals surface area contributed by atoms with Gasteiger partial charge in [-0.25, -0.2) is 9.59 Å². The van der Waals surface area contributed by atoms with Crippen molar-refractivity contribution in [1.82, 2.24) is 26.6 Å². The smallest absolute Gasteiger partial charge is 0.408 e. The highest BCUT2D eigenvalue weighted by Crippen LogP contribution is 2.45. The number of benzene rings is 1. The molecule has 0 aromatic heterocycles. The van der Waals surface area contributed by atoms with Gasteiger partial charge in [0, 0.05) is 27.3 Å². The Balaban J connectivity index is 1.48. The van der Waals surface area contributed by atoms with E-state index in [1.54, 1.807) is 41.9 Å². The quantitative estimate of drug-likeness (QED) is 0.170. The molecule has 14 nitrogen and oxygen atoms in total. The number of fused-ring (bicyclic) bond motifs is 5. The summed E-state index contributed by atoms with van der Waals surface area (Å²) >= 11 is 0. The van der Waals surface area contributed by atoms with Crippen LogP contribution in [-0.4, -0.2) is 99.6 Å². The van der Waals surface area contributed by atoms with E-state index in [0.29, 0.717) is 44.7 Å². The molecule has 5 N–H and O–H groups in total. The SMILES string of the molecule is CO[C@H]1CC[C@@H]2CCNC(=O)[C@H](C)NC(=O)[C@@H](NCC(=O)[C@H](CCCCNC(=O)OC(C)(C)C)NC(=O)OCc3ccccc3)[C@H]3CC[C@H](OC)[C@@H](C3)[C@@H]1C2. The summed E-state index contributed by atoms with van der Waals surface area (Å²) in [7, 11) is 3.52. The maximum Gasteiger partial charge on any atom is 0.408 e. The van der Waals surface area contributed by atoms with Crippen LogP contribution in [-0.2, 0) is 39.9 Å². The first-order valence-corrected chi connectivity index (χ1v) is 20.1. The third-order valence-electron chi connectivity index (χ3n) is 11.3. The van der Waals surface area contributed by atoms with Crippen molar-refractivity contribution in [3.63, 3.8) is 0 Å². The molecule has 1 saturated heterocycles. The fourth-order valence-corrected chi connectivity index (χ4v) is 8.46. The summed E-state index contributed by atoms with van der Waals surface area (Å²) < 4.78 is 22.8. The number of rotatable bonds is 14. The Labute approximate surface area is 326 Å². The number of hydrogen-bond donors (Lipinski definition) is 5. The van der Waals surface area contributed by atoms with Crippen LogP contribution in [0.3, 0.4) is 0 Å². The molecule has 55 heavy (non-hydrogen) atoms. The van der Waals surface area contributed by atoms with Crippen molar-refractivity contribution in [3.05, 3.63) is 35.9 Å². The number of hydrogen-bond acceptors (Lipinski definition) is 10. The van der Waals surface area contributed by atoms with E-state index in [1.165, 1.54) is 0 Å². The maximum atomic E-state index is 14.0. The highest BCUT2D eigenvalue weighted by atomic mass is 16.6. The fraction of sp³-hybridized carbons (Fsp3) is 0.732. The van der Waals surface area contributed by atoms with Crippen LogP contribution in [0, 0.1) is 23.7 Å². The summed E-state index contributed by atoms with van der Waals surface area (Å²) in [6, 6.07) is 6.79. The fourth-order valence-electron chi connectivity index (χ4n) is 8.46. The number of ether oxygens (including phenoxy) is 4. The standard InChI is InChI=1S/C41H65N5O9/c1-26-37(48)42-21-19-27-15-17-34(52-5)30(22-27)31-23-29(16-18-35(31)53-6)36(38(49)45-26)44-24-33(47)32(14-10-11-20-43-39(50)55-41(2,3)4)46-40(51)54-25-28-12-8-7-9-13-28/h7-9,12-13,26-27,29-32,34-36,44H,10-11,14-25H2,1-6H3,(H,42,48)(H,43,50)(H,45,49)(H,46,51)/t26-,27+,29-,30-,31-,32-,34-,35-,36-/m0/s1. The Morgan fingerprint density at radius 1 is 0.873 bits per heavy atom. The van der Waals surface area contributed by atoms with Crippen molar-refractivity contribution in [2.45, 2.75) is 134 Å². The number of ketones is 1. The summed E-state index contributed by atoms with van der Waals surface area (Å²) in [5, 5.41) is 14.7. The average Bonchev–Trinajstić information content (AvgIpc) is 3.15. The molecule has 14 heteroatoms. The van der Waals surface area contributed by atoms with Gasteiger partial charge in [-0.3, -0.25) is 19.7 Å². The van der Waals surface area contributed by atoms with E-state index in [4.69, 9.17) is 18.9 Å². The predicted octanol–water partition coefficient (Wildman–Crippen LogP) is 4.39. The first-order chi connectivity index (χ1) is 26.3. The summed E-state index contributed by atoms with van der Waals surface area (Å²) in [4.78, 5) is 66.1. The van der Waals surface area contributed by atoms with Gasteiger partial charge in [0.15, 0.2) is 5.78 Å². The van der Waals surface area contributed by atoms with Crippen LogP contribution in [0.4, 0.5) is 9.59 Å². The van der Waals surface area contributed by atoms with Crippen molar-refractivity contribution in [3.8, 4) is 0 Å². The van der Waals surface area contributed by atoms with E-state index in [1.807, 2.05) is 30.3 Å². The molecule has 2 aliphatic carbocycles. The minimum absolute atomic E-state index is 0.0230. The minimum Gasteiger partial charge on any atom is -0.445 e. The second-order valence-electron chi connectivity index (χ2n) is 16.4. The van der Waals surface area contributed by atoms with Crippen molar-refractivity contribution in [2.75, 3.05) is 33.9 Å². The van der Waals surface area contributed by atoms with E-state index < -0.39 is 35.9 Å². The van der Waals surface area contributed by atoms with Crippen LogP contribution in [0.25, 0.3) is 0 Å². The summed E-state index contributed by atoms with van der Waals surface area (Å²) in [6.07, 6.45) is 6.13. The zero-order valence-corrected chi connectivity index (χ0v) is 33.7. The van der Waals surface area contributed by atoms with Crippen LogP contribution in [0.5, 0.6) is 0 Å². The predicted molar refractivity (Wildman–Crippen MR) is 207 cm³/mol. The number of Topliss-reactive ketones (excluding diaryl/α,β-unsaturated/α-hetero) is 1. The number of carbonyl (C=O) groups is 5. The molecule has 1 aromatic rings. The van der Waals surface area contributed by atoms with E-state index >= 15 is 0 Å². The molecule has 3 aliphatic rings. The molecule has 2 saturated carbocycles. The molecule has 1 aromatic carbocycles. The first kappa shape index (κ1) is 44.0.